The summed E-state index contributed by atoms with van der Waals surface area (Å²) in [4.78, 5) is 19.6. The summed E-state index contributed by atoms with van der Waals surface area (Å²) in [5, 5.41) is 28.9. The molecule has 0 spiro atoms. The molecule has 2 aliphatic carbocycles. The lowest BCUT2D eigenvalue weighted by Gasteiger charge is -2.58. The number of nitrogens with one attached hydrogen (secondary N) is 2. The standard InChI is InChI=1S/C31H39N3O4S/c1-30-14-13-26(36)31(2,19-35)25(30)16-24-28(34-29(39-24)33-17-20-9-5-4-6-10-20)22(30)15-27(37)32-18-21-11-7-8-12-23(21)38-3/h4-12,22,25-26,35-36H,13-19H2,1-3H3,(H,32,37)(H,33,34)/t22-,25+,26-,30+,31+/m1/s1. The number of aliphatic hydroxyl groups excluding tert-OH is 2. The van der Waals surface area contributed by atoms with Gasteiger partial charge in [-0.2, -0.15) is 0 Å². The van der Waals surface area contributed by atoms with Crippen LogP contribution in [0.4, 0.5) is 5.13 Å². The van der Waals surface area contributed by atoms with Crippen molar-refractivity contribution in [1.82, 2.24) is 10.3 Å². The lowest BCUT2D eigenvalue weighted by atomic mass is 9.47. The van der Waals surface area contributed by atoms with Gasteiger partial charge in [-0.1, -0.05) is 62.4 Å². The van der Waals surface area contributed by atoms with Crippen LogP contribution in [0.2, 0.25) is 0 Å². The first-order chi connectivity index (χ1) is 18.8. The molecular formula is C31H39N3O4S. The van der Waals surface area contributed by atoms with Crippen LogP contribution >= 0.6 is 11.3 Å². The lowest BCUT2D eigenvalue weighted by molar-refractivity contribution is -0.144. The molecule has 1 aromatic heterocycles. The highest BCUT2D eigenvalue weighted by Gasteiger charge is 2.59. The fourth-order valence-electron chi connectivity index (χ4n) is 6.80. The van der Waals surface area contributed by atoms with E-state index in [1.807, 2.05) is 49.4 Å². The fraction of sp³-hybridized carbons (Fsp3) is 0.484. The number of amides is 1. The number of hydrogen-bond acceptors (Lipinski definition) is 7. The average molecular weight is 550 g/mol. The van der Waals surface area contributed by atoms with E-state index in [0.717, 1.165) is 39.9 Å². The zero-order valence-electron chi connectivity index (χ0n) is 22.9. The molecule has 0 radical (unpaired) electrons. The molecule has 1 saturated carbocycles. The number of benzene rings is 2. The van der Waals surface area contributed by atoms with Gasteiger partial charge in [0.2, 0.25) is 5.91 Å². The van der Waals surface area contributed by atoms with Gasteiger partial charge in [-0.05, 0) is 42.2 Å². The Morgan fingerprint density at radius 2 is 1.87 bits per heavy atom. The summed E-state index contributed by atoms with van der Waals surface area (Å²) in [7, 11) is 1.63. The molecular weight excluding hydrogens is 510 g/mol. The van der Waals surface area contributed by atoms with E-state index in [-0.39, 0.29) is 29.8 Å². The summed E-state index contributed by atoms with van der Waals surface area (Å²) in [6.45, 7) is 5.20. The van der Waals surface area contributed by atoms with E-state index in [1.165, 1.54) is 5.56 Å². The van der Waals surface area contributed by atoms with E-state index in [4.69, 9.17) is 9.72 Å². The predicted octanol–water partition coefficient (Wildman–Crippen LogP) is 4.89. The Hall–Kier alpha value is -2.94. The van der Waals surface area contributed by atoms with Gasteiger partial charge in [-0.25, -0.2) is 4.98 Å². The topological polar surface area (TPSA) is 104 Å². The van der Waals surface area contributed by atoms with Crippen molar-refractivity contribution in [1.29, 1.82) is 0 Å². The Morgan fingerprint density at radius 3 is 2.62 bits per heavy atom. The van der Waals surface area contributed by atoms with Gasteiger partial charge in [0.05, 0.1) is 25.5 Å². The first-order valence-electron chi connectivity index (χ1n) is 13.7. The fourth-order valence-corrected chi connectivity index (χ4v) is 7.86. The van der Waals surface area contributed by atoms with Crippen molar-refractivity contribution < 1.29 is 19.7 Å². The van der Waals surface area contributed by atoms with Crippen LogP contribution < -0.4 is 15.4 Å². The third-order valence-corrected chi connectivity index (χ3v) is 10.3. The van der Waals surface area contributed by atoms with Crippen molar-refractivity contribution in [2.75, 3.05) is 19.0 Å². The Labute approximate surface area is 234 Å². The normalized spacial score (nSPS) is 27.8. The van der Waals surface area contributed by atoms with Gasteiger partial charge in [0.25, 0.3) is 0 Å². The molecule has 0 bridgehead atoms. The van der Waals surface area contributed by atoms with Crippen molar-refractivity contribution in [3.63, 3.8) is 0 Å². The van der Waals surface area contributed by atoms with Gasteiger partial charge in [0, 0.05) is 41.3 Å². The molecule has 0 saturated heterocycles. The molecule has 1 amide bonds. The molecule has 208 valence electrons. The molecule has 4 N–H and O–H groups in total. The van der Waals surface area contributed by atoms with Crippen molar-refractivity contribution in [3.05, 3.63) is 76.3 Å². The molecule has 0 aliphatic heterocycles. The van der Waals surface area contributed by atoms with Gasteiger partial charge in [-0.15, -0.1) is 11.3 Å². The molecule has 0 unspecified atom stereocenters. The van der Waals surface area contributed by atoms with Crippen LogP contribution in [0.25, 0.3) is 0 Å². The van der Waals surface area contributed by atoms with Gasteiger partial charge in [0.15, 0.2) is 5.13 Å². The van der Waals surface area contributed by atoms with Crippen LogP contribution in [0.5, 0.6) is 5.75 Å². The Morgan fingerprint density at radius 1 is 1.13 bits per heavy atom. The molecule has 1 heterocycles. The number of para-hydroxylation sites is 1. The predicted molar refractivity (Wildman–Crippen MR) is 154 cm³/mol. The number of ether oxygens (including phenoxy) is 1. The smallest absolute Gasteiger partial charge is 0.220 e. The van der Waals surface area contributed by atoms with E-state index in [2.05, 4.69) is 29.7 Å². The van der Waals surface area contributed by atoms with E-state index in [1.54, 1.807) is 18.4 Å². The number of anilines is 1. The summed E-state index contributed by atoms with van der Waals surface area (Å²) in [6.07, 6.45) is 1.84. The first kappa shape index (κ1) is 27.6. The van der Waals surface area contributed by atoms with Gasteiger partial charge in [-0.3, -0.25) is 4.79 Å². The SMILES string of the molecule is COc1ccccc1CNC(=O)C[C@@H]1c2nc(NCc3ccccc3)sc2C[C@@H]2[C@](C)(CO)[C@H](O)CC[C@]21C. The highest BCUT2D eigenvalue weighted by molar-refractivity contribution is 7.15. The number of carbonyl (C=O) groups excluding carboxylic acids is 1. The van der Waals surface area contributed by atoms with Crippen molar-refractivity contribution >= 4 is 22.4 Å². The second-order valence-electron chi connectivity index (χ2n) is 11.5. The number of rotatable bonds is 9. The number of aromatic nitrogens is 1. The largest absolute Gasteiger partial charge is 0.496 e. The highest BCUT2D eigenvalue weighted by atomic mass is 32.1. The zero-order valence-corrected chi connectivity index (χ0v) is 23.8. The molecule has 3 aromatic rings. The van der Waals surface area contributed by atoms with Crippen LogP contribution in [-0.2, 0) is 24.3 Å². The number of methoxy groups -OCH3 is 1. The van der Waals surface area contributed by atoms with E-state index >= 15 is 0 Å². The number of thiazole rings is 1. The maximum Gasteiger partial charge on any atom is 0.220 e. The van der Waals surface area contributed by atoms with Gasteiger partial charge in [0.1, 0.15) is 5.75 Å². The number of carbonyl (C=O) groups is 1. The van der Waals surface area contributed by atoms with E-state index in [0.29, 0.717) is 25.9 Å². The summed E-state index contributed by atoms with van der Waals surface area (Å²) in [5.74, 6) is 0.618. The van der Waals surface area contributed by atoms with E-state index in [9.17, 15) is 15.0 Å². The lowest BCUT2D eigenvalue weighted by Crippen LogP contribution is -2.57. The molecule has 1 fully saturated rings. The zero-order chi connectivity index (χ0) is 27.6. The van der Waals surface area contributed by atoms with Crippen LogP contribution in [0.3, 0.4) is 0 Å². The third kappa shape index (κ3) is 5.30. The number of aliphatic hydroxyl groups is 2. The molecule has 2 aromatic carbocycles. The summed E-state index contributed by atoms with van der Waals surface area (Å²) in [6, 6.07) is 17.9. The maximum atomic E-state index is 13.4. The summed E-state index contributed by atoms with van der Waals surface area (Å²) in [5.41, 5.74) is 2.17. The summed E-state index contributed by atoms with van der Waals surface area (Å²) < 4.78 is 5.45. The summed E-state index contributed by atoms with van der Waals surface area (Å²) >= 11 is 1.63. The maximum absolute atomic E-state index is 13.4. The van der Waals surface area contributed by atoms with Crippen LogP contribution in [-0.4, -0.2) is 40.9 Å². The molecule has 7 nitrogen and oxygen atoms in total. The molecule has 5 rings (SSSR count). The Kier molecular flexibility index (Phi) is 7.99. The second-order valence-corrected chi connectivity index (χ2v) is 12.6. The number of hydrogen-bond donors (Lipinski definition) is 4. The number of nitrogens with zero attached hydrogens (tertiary/aromatic N) is 1. The van der Waals surface area contributed by atoms with Crippen molar-refractivity contribution in [2.24, 2.45) is 16.7 Å². The molecule has 39 heavy (non-hydrogen) atoms. The number of fused-ring (bicyclic) bond motifs is 2. The van der Waals surface area contributed by atoms with Gasteiger partial charge >= 0.3 is 0 Å². The molecule has 2 aliphatic rings. The minimum absolute atomic E-state index is 0.0284. The molecule has 5 atom stereocenters. The van der Waals surface area contributed by atoms with Crippen LogP contribution in [0.15, 0.2) is 54.6 Å². The van der Waals surface area contributed by atoms with Crippen LogP contribution in [0.1, 0.15) is 60.7 Å². The average Bonchev–Trinajstić information content (AvgIpc) is 3.37. The monoisotopic (exact) mass is 549 g/mol. The minimum Gasteiger partial charge on any atom is -0.496 e. The third-order valence-electron chi connectivity index (χ3n) is 9.24. The highest BCUT2D eigenvalue weighted by Crippen LogP contribution is 2.62. The quantitative estimate of drug-likeness (QED) is 0.303. The van der Waals surface area contributed by atoms with Crippen molar-refractivity contribution in [2.45, 2.75) is 64.6 Å². The van der Waals surface area contributed by atoms with Gasteiger partial charge < -0.3 is 25.6 Å². The first-order valence-corrected chi connectivity index (χ1v) is 14.5. The Bertz CT molecular complexity index is 1300. The Balaban J connectivity index is 1.42. The minimum atomic E-state index is -0.640. The van der Waals surface area contributed by atoms with E-state index < -0.39 is 11.5 Å². The molecule has 8 heteroatoms. The second kappa shape index (κ2) is 11.3. The van der Waals surface area contributed by atoms with Crippen LogP contribution in [0, 0.1) is 16.7 Å². The van der Waals surface area contributed by atoms with Crippen molar-refractivity contribution in [3.8, 4) is 5.75 Å².